The third-order valence-corrected chi connectivity index (χ3v) is 3.73. The molecule has 1 aromatic carbocycles. The van der Waals surface area contributed by atoms with Crippen molar-refractivity contribution < 1.29 is 19.1 Å². The highest BCUT2D eigenvalue weighted by Crippen LogP contribution is 2.08. The minimum Gasteiger partial charge on any atom is -0.454 e. The minimum atomic E-state index is -0.877. The number of anilines is 1. The molecule has 26 heavy (non-hydrogen) atoms. The highest BCUT2D eigenvalue weighted by molar-refractivity contribution is 6.02. The number of esters is 1. The van der Waals surface area contributed by atoms with Gasteiger partial charge in [-0.2, -0.15) is 0 Å². The molecule has 4 N–H and O–H groups in total. The zero-order chi connectivity index (χ0) is 19.6. The van der Waals surface area contributed by atoms with Gasteiger partial charge in [-0.25, -0.2) is 9.59 Å². The molecule has 0 radical (unpaired) electrons. The molecule has 10 heteroatoms. The molecule has 0 atom stereocenters. The summed E-state index contributed by atoms with van der Waals surface area (Å²) in [4.78, 5) is 59.0. The van der Waals surface area contributed by atoms with Crippen LogP contribution in [0, 0.1) is 0 Å². The fourth-order valence-corrected chi connectivity index (χ4v) is 2.18. The Labute approximate surface area is 146 Å². The fraction of sp³-hybridized carbons (Fsp3) is 0.188. The molecule has 0 aliphatic carbocycles. The summed E-state index contributed by atoms with van der Waals surface area (Å²) in [6, 6.07) is 5.29. The van der Waals surface area contributed by atoms with Gasteiger partial charge in [0, 0.05) is 19.7 Å². The average molecular weight is 360 g/mol. The first-order chi connectivity index (χ1) is 12.1. The molecule has 10 nitrogen and oxygen atoms in total. The number of rotatable bonds is 5. The van der Waals surface area contributed by atoms with Gasteiger partial charge in [-0.1, -0.05) is 0 Å². The molecular formula is C16H16N4O6. The summed E-state index contributed by atoms with van der Waals surface area (Å²) in [5, 5.41) is 0. The Bertz CT molecular complexity index is 1020. The van der Waals surface area contributed by atoms with Crippen LogP contribution in [0.25, 0.3) is 0 Å². The van der Waals surface area contributed by atoms with Crippen molar-refractivity contribution in [2.75, 3.05) is 12.3 Å². The zero-order valence-corrected chi connectivity index (χ0v) is 14.0. The van der Waals surface area contributed by atoms with Crippen molar-refractivity contribution in [2.24, 2.45) is 19.8 Å². The van der Waals surface area contributed by atoms with Crippen LogP contribution in [0.4, 0.5) is 5.82 Å². The summed E-state index contributed by atoms with van der Waals surface area (Å²) in [6.07, 6.45) is 0. The minimum absolute atomic E-state index is 0.0872. The summed E-state index contributed by atoms with van der Waals surface area (Å²) >= 11 is 0. The molecule has 0 saturated carbocycles. The Kier molecular flexibility index (Phi) is 5.06. The van der Waals surface area contributed by atoms with Crippen LogP contribution in [0.15, 0.2) is 33.9 Å². The van der Waals surface area contributed by atoms with Crippen LogP contribution in [-0.4, -0.2) is 33.4 Å². The third kappa shape index (κ3) is 3.38. The molecule has 1 amide bonds. The average Bonchev–Trinajstić information content (AvgIpc) is 2.63. The summed E-state index contributed by atoms with van der Waals surface area (Å²) in [5.74, 6) is -2.65. The van der Waals surface area contributed by atoms with Crippen LogP contribution in [0.3, 0.4) is 0 Å². The van der Waals surface area contributed by atoms with Crippen LogP contribution in [-0.2, 0) is 18.8 Å². The van der Waals surface area contributed by atoms with Gasteiger partial charge in [0.25, 0.3) is 5.56 Å². The zero-order valence-electron chi connectivity index (χ0n) is 14.0. The number of hydrogen-bond acceptors (Lipinski definition) is 7. The Balaban J connectivity index is 2.19. The quantitative estimate of drug-likeness (QED) is 0.501. The van der Waals surface area contributed by atoms with Crippen LogP contribution < -0.4 is 22.7 Å². The second-order valence-corrected chi connectivity index (χ2v) is 5.41. The second kappa shape index (κ2) is 7.05. The second-order valence-electron chi connectivity index (χ2n) is 5.41. The Morgan fingerprint density at radius 3 is 2.08 bits per heavy atom. The van der Waals surface area contributed by atoms with Crippen LogP contribution >= 0.6 is 0 Å². The van der Waals surface area contributed by atoms with E-state index >= 15 is 0 Å². The van der Waals surface area contributed by atoms with Gasteiger partial charge in [0.15, 0.2) is 6.61 Å². The number of carbonyl (C=O) groups excluding carboxylic acids is 3. The topological polar surface area (TPSA) is 156 Å². The summed E-state index contributed by atoms with van der Waals surface area (Å²) in [6.45, 7) is -0.742. The van der Waals surface area contributed by atoms with Crippen molar-refractivity contribution in [3.63, 3.8) is 0 Å². The molecule has 2 aromatic rings. The first kappa shape index (κ1) is 18.6. The smallest absolute Gasteiger partial charge is 0.338 e. The predicted octanol–water partition coefficient (Wildman–Crippen LogP) is -1.20. The molecule has 136 valence electrons. The molecular weight excluding hydrogens is 344 g/mol. The molecule has 0 spiro atoms. The first-order valence-electron chi connectivity index (χ1n) is 7.30. The maximum atomic E-state index is 12.2. The number of ketones is 1. The lowest BCUT2D eigenvalue weighted by molar-refractivity contribution is 0.0474. The largest absolute Gasteiger partial charge is 0.454 e. The van der Waals surface area contributed by atoms with Crippen molar-refractivity contribution in [2.45, 2.75) is 0 Å². The molecule has 0 bridgehead atoms. The lowest BCUT2D eigenvalue weighted by Crippen LogP contribution is -2.42. The highest BCUT2D eigenvalue weighted by atomic mass is 16.5. The molecule has 0 saturated heterocycles. The Hall–Kier alpha value is -3.69. The van der Waals surface area contributed by atoms with Gasteiger partial charge in [-0.15, -0.1) is 0 Å². The van der Waals surface area contributed by atoms with Gasteiger partial charge >= 0.3 is 11.7 Å². The van der Waals surface area contributed by atoms with Crippen LogP contribution in [0.5, 0.6) is 0 Å². The van der Waals surface area contributed by atoms with Gasteiger partial charge in [-0.3, -0.25) is 23.5 Å². The number of primary amides is 1. The SMILES string of the molecule is Cn1c(N)c(C(=O)COC(=O)c2ccc(C(N)=O)cc2)c(=O)n(C)c1=O. The molecule has 0 unspecified atom stereocenters. The number of amides is 1. The van der Waals surface area contributed by atoms with E-state index in [0.29, 0.717) is 0 Å². The van der Waals surface area contributed by atoms with E-state index in [1.807, 2.05) is 0 Å². The molecule has 1 heterocycles. The van der Waals surface area contributed by atoms with Crippen LogP contribution in [0.2, 0.25) is 0 Å². The van der Waals surface area contributed by atoms with Crippen molar-refractivity contribution in [3.8, 4) is 0 Å². The van der Waals surface area contributed by atoms with Crippen molar-refractivity contribution in [1.29, 1.82) is 0 Å². The summed E-state index contributed by atoms with van der Waals surface area (Å²) < 4.78 is 6.54. The monoisotopic (exact) mass is 360 g/mol. The molecule has 0 fully saturated rings. The molecule has 0 aliphatic rings. The van der Waals surface area contributed by atoms with Gasteiger partial charge in [-0.05, 0) is 24.3 Å². The number of Topliss-reactive ketones (excluding diaryl/α,β-unsaturated/α-hetero) is 1. The van der Waals surface area contributed by atoms with E-state index in [9.17, 15) is 24.0 Å². The molecule has 0 aliphatic heterocycles. The number of ether oxygens (including phenoxy) is 1. The van der Waals surface area contributed by atoms with E-state index in [2.05, 4.69) is 0 Å². The van der Waals surface area contributed by atoms with Gasteiger partial charge in [0.2, 0.25) is 11.7 Å². The highest BCUT2D eigenvalue weighted by Gasteiger charge is 2.21. The third-order valence-electron chi connectivity index (χ3n) is 3.73. The maximum absolute atomic E-state index is 12.2. The predicted molar refractivity (Wildman–Crippen MR) is 90.9 cm³/mol. The van der Waals surface area contributed by atoms with Gasteiger partial charge < -0.3 is 16.2 Å². The molecule has 2 rings (SSSR count). The number of benzene rings is 1. The standard InChI is InChI=1S/C16H16N4O6/c1-19-12(17)11(14(23)20(2)16(19)25)10(21)7-26-15(24)9-5-3-8(4-6-9)13(18)22/h3-6H,7,17H2,1-2H3,(H2,18,22). The number of hydrogen-bond donors (Lipinski definition) is 2. The lowest BCUT2D eigenvalue weighted by atomic mass is 10.1. The lowest BCUT2D eigenvalue weighted by Gasteiger charge is -2.11. The number of carbonyl (C=O) groups is 3. The number of nitrogen functional groups attached to an aromatic ring is 1. The van der Waals surface area contributed by atoms with E-state index < -0.39 is 41.1 Å². The van der Waals surface area contributed by atoms with E-state index in [-0.39, 0.29) is 16.9 Å². The van der Waals surface area contributed by atoms with E-state index in [0.717, 1.165) is 9.13 Å². The maximum Gasteiger partial charge on any atom is 0.338 e. The number of nitrogens with zero attached hydrogens (tertiary/aromatic N) is 2. The van der Waals surface area contributed by atoms with Crippen molar-refractivity contribution in [3.05, 3.63) is 61.8 Å². The van der Waals surface area contributed by atoms with Crippen molar-refractivity contribution in [1.82, 2.24) is 9.13 Å². The normalized spacial score (nSPS) is 10.4. The summed E-state index contributed by atoms with van der Waals surface area (Å²) in [7, 11) is 2.51. The number of nitrogens with two attached hydrogens (primary N) is 2. The first-order valence-corrected chi connectivity index (χ1v) is 7.30. The van der Waals surface area contributed by atoms with Gasteiger partial charge in [0.05, 0.1) is 5.56 Å². The number of aromatic nitrogens is 2. The van der Waals surface area contributed by atoms with E-state index in [1.54, 1.807) is 0 Å². The van der Waals surface area contributed by atoms with E-state index in [1.165, 1.54) is 38.4 Å². The fourth-order valence-electron chi connectivity index (χ4n) is 2.18. The van der Waals surface area contributed by atoms with Crippen molar-refractivity contribution >= 4 is 23.5 Å². The van der Waals surface area contributed by atoms with Gasteiger partial charge in [0.1, 0.15) is 11.4 Å². The Morgan fingerprint density at radius 2 is 1.54 bits per heavy atom. The molecule has 1 aromatic heterocycles. The van der Waals surface area contributed by atoms with E-state index in [4.69, 9.17) is 16.2 Å². The summed E-state index contributed by atoms with van der Waals surface area (Å²) in [5.41, 5.74) is 9.05. The Morgan fingerprint density at radius 1 is 1.00 bits per heavy atom. The van der Waals surface area contributed by atoms with Crippen LogP contribution in [0.1, 0.15) is 31.1 Å².